The van der Waals surface area contributed by atoms with E-state index in [0.717, 1.165) is 0 Å². The minimum Gasteiger partial charge on any atom is -1.00 e. The average molecular weight is 244 g/mol. The SMILES string of the molecule is CC(C)c1cc(C(C)C)cc(C(C)C)c1.[H-].[K+]. The van der Waals surface area contributed by atoms with Gasteiger partial charge in [0.2, 0.25) is 0 Å². The number of hydrogen-bond acceptors (Lipinski definition) is 0. The fourth-order valence-corrected chi connectivity index (χ4v) is 1.70. The summed E-state index contributed by atoms with van der Waals surface area (Å²) < 4.78 is 0. The molecule has 16 heavy (non-hydrogen) atoms. The van der Waals surface area contributed by atoms with Crippen LogP contribution < -0.4 is 51.4 Å². The molecule has 1 aromatic rings. The number of hydrogen-bond donors (Lipinski definition) is 0. The standard InChI is InChI=1S/C15H24.K.H/c1-10(2)13-7-14(11(3)4)9-15(8-13)12(5)6;;/h7-12H,1-6H3;;/q;+1;-1. The van der Waals surface area contributed by atoms with Crippen LogP contribution in [0.1, 0.15) is 77.4 Å². The quantitative estimate of drug-likeness (QED) is 0.715. The van der Waals surface area contributed by atoms with Crippen LogP contribution in [0.5, 0.6) is 0 Å². The molecule has 0 heterocycles. The van der Waals surface area contributed by atoms with Crippen molar-refractivity contribution < 1.29 is 52.8 Å². The third-order valence-electron chi connectivity index (χ3n) is 3.00. The van der Waals surface area contributed by atoms with Gasteiger partial charge in [0.25, 0.3) is 0 Å². The van der Waals surface area contributed by atoms with Gasteiger partial charge < -0.3 is 1.43 Å². The Morgan fingerprint density at radius 1 is 0.625 bits per heavy atom. The molecule has 0 radical (unpaired) electrons. The van der Waals surface area contributed by atoms with Crippen molar-refractivity contribution in [3.8, 4) is 0 Å². The normalized spacial score (nSPS) is 11.1. The van der Waals surface area contributed by atoms with Crippen LogP contribution in [0.4, 0.5) is 0 Å². The molecule has 0 aliphatic rings. The zero-order chi connectivity index (χ0) is 11.6. The predicted octanol–water partition coefficient (Wildman–Crippen LogP) is 2.17. The molecule has 86 valence electrons. The van der Waals surface area contributed by atoms with Crippen molar-refractivity contribution in [2.45, 2.75) is 59.3 Å². The van der Waals surface area contributed by atoms with Crippen molar-refractivity contribution in [1.29, 1.82) is 0 Å². The monoisotopic (exact) mass is 244 g/mol. The molecular weight excluding hydrogens is 219 g/mol. The van der Waals surface area contributed by atoms with Gasteiger partial charge in [0.15, 0.2) is 0 Å². The van der Waals surface area contributed by atoms with Crippen molar-refractivity contribution >= 4 is 0 Å². The molecule has 0 aliphatic heterocycles. The van der Waals surface area contributed by atoms with Gasteiger partial charge >= 0.3 is 51.4 Å². The summed E-state index contributed by atoms with van der Waals surface area (Å²) in [4.78, 5) is 0. The maximum Gasteiger partial charge on any atom is 1.00 e. The maximum atomic E-state index is 2.36. The Labute approximate surface area is 145 Å². The van der Waals surface area contributed by atoms with Gasteiger partial charge in [-0.3, -0.25) is 0 Å². The molecule has 0 aliphatic carbocycles. The number of benzene rings is 1. The third kappa shape index (κ3) is 4.62. The van der Waals surface area contributed by atoms with Gasteiger partial charge in [0, 0.05) is 0 Å². The molecule has 0 saturated heterocycles. The summed E-state index contributed by atoms with van der Waals surface area (Å²) in [5.74, 6) is 1.88. The fraction of sp³-hybridized carbons (Fsp3) is 0.600. The summed E-state index contributed by atoms with van der Waals surface area (Å²) in [5, 5.41) is 0. The smallest absolute Gasteiger partial charge is 1.00 e. The van der Waals surface area contributed by atoms with Gasteiger partial charge in [0.1, 0.15) is 0 Å². The first-order valence-electron chi connectivity index (χ1n) is 6.06. The molecule has 0 atom stereocenters. The first-order chi connectivity index (χ1) is 6.91. The van der Waals surface area contributed by atoms with E-state index in [1.54, 1.807) is 0 Å². The van der Waals surface area contributed by atoms with Gasteiger partial charge in [-0.05, 0) is 34.4 Å². The van der Waals surface area contributed by atoms with E-state index in [1.165, 1.54) is 16.7 Å². The van der Waals surface area contributed by atoms with Gasteiger partial charge in [-0.25, -0.2) is 0 Å². The zero-order valence-corrected chi connectivity index (χ0v) is 15.1. The van der Waals surface area contributed by atoms with Crippen LogP contribution in [0, 0.1) is 0 Å². The second-order valence-corrected chi connectivity index (χ2v) is 5.40. The second kappa shape index (κ2) is 7.33. The third-order valence-corrected chi connectivity index (χ3v) is 3.00. The molecule has 0 N–H and O–H groups in total. The van der Waals surface area contributed by atoms with Gasteiger partial charge in [-0.15, -0.1) is 0 Å². The molecule has 0 amide bonds. The van der Waals surface area contributed by atoms with Crippen molar-refractivity contribution in [3.63, 3.8) is 0 Å². The second-order valence-electron chi connectivity index (χ2n) is 5.40. The van der Waals surface area contributed by atoms with E-state index >= 15 is 0 Å². The number of rotatable bonds is 3. The minimum atomic E-state index is 0. The summed E-state index contributed by atoms with van der Waals surface area (Å²) in [5.41, 5.74) is 4.43. The topological polar surface area (TPSA) is 0 Å². The van der Waals surface area contributed by atoms with Crippen LogP contribution in [0.15, 0.2) is 18.2 Å². The van der Waals surface area contributed by atoms with E-state index in [0.29, 0.717) is 17.8 Å². The van der Waals surface area contributed by atoms with Crippen LogP contribution in [-0.2, 0) is 0 Å². The first-order valence-corrected chi connectivity index (χ1v) is 6.06. The Morgan fingerprint density at radius 3 is 0.938 bits per heavy atom. The largest absolute Gasteiger partial charge is 1.00 e. The van der Waals surface area contributed by atoms with Crippen molar-refractivity contribution in [3.05, 3.63) is 34.9 Å². The predicted molar refractivity (Wildman–Crippen MR) is 69.8 cm³/mol. The molecule has 1 heteroatoms. The summed E-state index contributed by atoms with van der Waals surface area (Å²) in [6.07, 6.45) is 0. The summed E-state index contributed by atoms with van der Waals surface area (Å²) >= 11 is 0. The Hall–Kier alpha value is 0.856. The Kier molecular flexibility index (Phi) is 7.72. The fourth-order valence-electron chi connectivity index (χ4n) is 1.70. The summed E-state index contributed by atoms with van der Waals surface area (Å²) in [6, 6.07) is 7.09. The molecule has 1 rings (SSSR count). The Morgan fingerprint density at radius 2 is 0.812 bits per heavy atom. The Balaban J connectivity index is 0. The zero-order valence-electron chi connectivity index (χ0n) is 13.0. The average Bonchev–Trinajstić information content (AvgIpc) is 2.16. The molecule has 0 nitrogen and oxygen atoms in total. The van der Waals surface area contributed by atoms with E-state index in [9.17, 15) is 0 Å². The van der Waals surface area contributed by atoms with E-state index in [-0.39, 0.29) is 52.8 Å². The van der Waals surface area contributed by atoms with E-state index in [1.807, 2.05) is 0 Å². The van der Waals surface area contributed by atoms with Crippen LogP contribution in [-0.4, -0.2) is 0 Å². The molecule has 0 aromatic heterocycles. The van der Waals surface area contributed by atoms with Crippen LogP contribution in [0.3, 0.4) is 0 Å². The van der Waals surface area contributed by atoms with Crippen LogP contribution >= 0.6 is 0 Å². The first kappa shape index (κ1) is 16.9. The molecular formula is C15H25K. The van der Waals surface area contributed by atoms with Crippen molar-refractivity contribution in [2.75, 3.05) is 0 Å². The molecule has 1 aromatic carbocycles. The van der Waals surface area contributed by atoms with E-state index < -0.39 is 0 Å². The molecule has 0 spiro atoms. The van der Waals surface area contributed by atoms with Gasteiger partial charge in [0.05, 0.1) is 0 Å². The van der Waals surface area contributed by atoms with Gasteiger partial charge in [-0.2, -0.15) is 0 Å². The van der Waals surface area contributed by atoms with Crippen molar-refractivity contribution in [1.82, 2.24) is 0 Å². The molecule has 0 saturated carbocycles. The Bertz CT molecular complexity index is 265. The van der Waals surface area contributed by atoms with Crippen LogP contribution in [0.2, 0.25) is 0 Å². The minimum absolute atomic E-state index is 0. The molecule has 0 bridgehead atoms. The van der Waals surface area contributed by atoms with Crippen molar-refractivity contribution in [2.24, 2.45) is 0 Å². The maximum absolute atomic E-state index is 2.36. The van der Waals surface area contributed by atoms with E-state index in [2.05, 4.69) is 59.7 Å². The summed E-state index contributed by atoms with van der Waals surface area (Å²) in [6.45, 7) is 13.6. The van der Waals surface area contributed by atoms with Crippen LogP contribution in [0.25, 0.3) is 0 Å². The van der Waals surface area contributed by atoms with Gasteiger partial charge in [-0.1, -0.05) is 59.7 Å². The molecule has 0 unspecified atom stereocenters. The van der Waals surface area contributed by atoms with E-state index in [4.69, 9.17) is 0 Å². The summed E-state index contributed by atoms with van der Waals surface area (Å²) in [7, 11) is 0. The molecule has 0 fully saturated rings.